The van der Waals surface area contributed by atoms with Crippen LogP contribution < -0.4 is 5.32 Å². The van der Waals surface area contributed by atoms with E-state index in [1.807, 2.05) is 18.8 Å². The fourth-order valence-electron chi connectivity index (χ4n) is 2.27. The summed E-state index contributed by atoms with van der Waals surface area (Å²) in [5.74, 6) is 0. The van der Waals surface area contributed by atoms with Crippen LogP contribution in [0.25, 0.3) is 0 Å². The van der Waals surface area contributed by atoms with Gasteiger partial charge in [0.25, 0.3) is 0 Å². The Balaban J connectivity index is 2.31. The van der Waals surface area contributed by atoms with Crippen molar-refractivity contribution in [1.82, 2.24) is 15.1 Å². The molecule has 0 spiro atoms. The van der Waals surface area contributed by atoms with E-state index in [1.165, 1.54) is 18.4 Å². The molecule has 3 heteroatoms. The Labute approximate surface area is 85.5 Å². The van der Waals surface area contributed by atoms with Crippen LogP contribution in [0.3, 0.4) is 0 Å². The maximum atomic E-state index is 4.40. The Hall–Kier alpha value is -0.830. The molecule has 1 fully saturated rings. The molecule has 0 amide bonds. The monoisotopic (exact) mass is 193 g/mol. The lowest BCUT2D eigenvalue weighted by atomic mass is 9.92. The van der Waals surface area contributed by atoms with E-state index in [9.17, 15) is 0 Å². The molecule has 1 aliphatic carbocycles. The van der Waals surface area contributed by atoms with Crippen LogP contribution in [-0.2, 0) is 7.05 Å². The Morgan fingerprint density at radius 1 is 1.57 bits per heavy atom. The van der Waals surface area contributed by atoms with Crippen LogP contribution in [-0.4, -0.2) is 16.8 Å². The van der Waals surface area contributed by atoms with E-state index in [0.717, 1.165) is 5.69 Å². The summed E-state index contributed by atoms with van der Waals surface area (Å²) in [7, 11) is 4.03. The Morgan fingerprint density at radius 2 is 2.21 bits per heavy atom. The summed E-state index contributed by atoms with van der Waals surface area (Å²) in [6.07, 6.45) is 4.79. The molecule has 1 unspecified atom stereocenters. The molecule has 1 aliphatic rings. The summed E-state index contributed by atoms with van der Waals surface area (Å²) in [5.41, 5.74) is 2.97. The molecule has 1 atom stereocenters. The van der Waals surface area contributed by atoms with Gasteiger partial charge in [0.15, 0.2) is 0 Å². The van der Waals surface area contributed by atoms with E-state index < -0.39 is 0 Å². The first-order chi connectivity index (χ1) is 6.57. The molecule has 2 rings (SSSR count). The average molecular weight is 193 g/mol. The van der Waals surface area contributed by atoms with E-state index in [1.54, 1.807) is 0 Å². The van der Waals surface area contributed by atoms with Crippen LogP contribution in [0.15, 0.2) is 6.20 Å². The Morgan fingerprint density at radius 3 is 2.57 bits per heavy atom. The second kappa shape index (κ2) is 3.09. The highest BCUT2D eigenvalue weighted by molar-refractivity contribution is 5.24. The second-order valence-corrected chi connectivity index (χ2v) is 4.72. The second-order valence-electron chi connectivity index (χ2n) is 4.72. The third-order valence-corrected chi connectivity index (χ3v) is 3.39. The maximum Gasteiger partial charge on any atom is 0.0641 e. The number of rotatable bonds is 3. The van der Waals surface area contributed by atoms with E-state index >= 15 is 0 Å². The smallest absolute Gasteiger partial charge is 0.0641 e. The van der Waals surface area contributed by atoms with Gasteiger partial charge in [0.05, 0.1) is 5.69 Å². The first-order valence-electron chi connectivity index (χ1n) is 5.24. The summed E-state index contributed by atoms with van der Waals surface area (Å²) in [6.45, 7) is 4.44. The molecule has 0 bridgehead atoms. The third kappa shape index (κ3) is 1.46. The first kappa shape index (κ1) is 9.71. The van der Waals surface area contributed by atoms with Crippen molar-refractivity contribution >= 4 is 0 Å². The fraction of sp³-hybridized carbons (Fsp3) is 0.727. The number of nitrogens with one attached hydrogen (secondary N) is 1. The SMILES string of the molecule is CNC(c1cn(C)nc1C)C1(C)CC1. The van der Waals surface area contributed by atoms with Gasteiger partial charge in [0, 0.05) is 24.8 Å². The summed E-state index contributed by atoms with van der Waals surface area (Å²) in [6, 6.07) is 0.469. The zero-order valence-electron chi connectivity index (χ0n) is 9.46. The quantitative estimate of drug-likeness (QED) is 0.793. The van der Waals surface area contributed by atoms with Gasteiger partial charge in [-0.25, -0.2) is 0 Å². The van der Waals surface area contributed by atoms with Crippen LogP contribution in [0.4, 0.5) is 0 Å². The predicted molar refractivity (Wildman–Crippen MR) is 57.1 cm³/mol. The minimum Gasteiger partial charge on any atom is -0.312 e. The van der Waals surface area contributed by atoms with Gasteiger partial charge >= 0.3 is 0 Å². The van der Waals surface area contributed by atoms with Gasteiger partial charge in [-0.3, -0.25) is 4.68 Å². The molecular formula is C11H19N3. The molecule has 0 aliphatic heterocycles. The number of aromatic nitrogens is 2. The fourth-order valence-corrected chi connectivity index (χ4v) is 2.27. The highest BCUT2D eigenvalue weighted by Crippen LogP contribution is 2.54. The van der Waals surface area contributed by atoms with Crippen molar-refractivity contribution in [3.05, 3.63) is 17.5 Å². The van der Waals surface area contributed by atoms with Crippen molar-refractivity contribution in [3.8, 4) is 0 Å². The van der Waals surface area contributed by atoms with Crippen LogP contribution in [0.1, 0.15) is 37.1 Å². The minimum atomic E-state index is 0.461. The Kier molecular flexibility index (Phi) is 2.14. The van der Waals surface area contributed by atoms with Gasteiger partial charge in [0.2, 0.25) is 0 Å². The van der Waals surface area contributed by atoms with Crippen LogP contribution in [0, 0.1) is 12.3 Å². The lowest BCUT2D eigenvalue weighted by Gasteiger charge is -2.22. The Bertz CT molecular complexity index is 336. The molecule has 1 heterocycles. The van der Waals surface area contributed by atoms with E-state index in [0.29, 0.717) is 11.5 Å². The molecular weight excluding hydrogens is 174 g/mol. The van der Waals surface area contributed by atoms with Crippen LogP contribution in [0.5, 0.6) is 0 Å². The summed E-state index contributed by atoms with van der Waals surface area (Å²) in [4.78, 5) is 0. The van der Waals surface area contributed by atoms with E-state index in [2.05, 4.69) is 30.5 Å². The lowest BCUT2D eigenvalue weighted by Crippen LogP contribution is -2.24. The number of aryl methyl sites for hydroxylation is 2. The zero-order chi connectivity index (χ0) is 10.3. The van der Waals surface area contributed by atoms with Gasteiger partial charge in [-0.15, -0.1) is 0 Å². The molecule has 0 radical (unpaired) electrons. The third-order valence-electron chi connectivity index (χ3n) is 3.39. The van der Waals surface area contributed by atoms with Gasteiger partial charge < -0.3 is 5.32 Å². The largest absolute Gasteiger partial charge is 0.312 e. The number of hydrogen-bond donors (Lipinski definition) is 1. The molecule has 14 heavy (non-hydrogen) atoms. The van der Waals surface area contributed by atoms with Crippen molar-refractivity contribution in [1.29, 1.82) is 0 Å². The maximum absolute atomic E-state index is 4.40. The topological polar surface area (TPSA) is 29.9 Å². The summed E-state index contributed by atoms with van der Waals surface area (Å²) in [5, 5.41) is 7.82. The van der Waals surface area contributed by atoms with Gasteiger partial charge in [-0.1, -0.05) is 6.92 Å². The highest BCUT2D eigenvalue weighted by atomic mass is 15.3. The van der Waals surface area contributed by atoms with Crippen molar-refractivity contribution in [2.45, 2.75) is 32.7 Å². The first-order valence-corrected chi connectivity index (χ1v) is 5.24. The number of hydrogen-bond acceptors (Lipinski definition) is 2. The van der Waals surface area contributed by atoms with Crippen LogP contribution in [0.2, 0.25) is 0 Å². The van der Waals surface area contributed by atoms with Crippen molar-refractivity contribution in [3.63, 3.8) is 0 Å². The summed E-state index contributed by atoms with van der Waals surface area (Å²) >= 11 is 0. The lowest BCUT2D eigenvalue weighted by molar-refractivity contribution is 0.389. The molecule has 1 saturated carbocycles. The summed E-state index contributed by atoms with van der Waals surface area (Å²) < 4.78 is 1.90. The molecule has 1 aromatic heterocycles. The van der Waals surface area contributed by atoms with Gasteiger partial charge in [-0.05, 0) is 32.2 Å². The number of nitrogens with zero attached hydrogens (tertiary/aromatic N) is 2. The predicted octanol–water partition coefficient (Wildman–Crippen LogP) is 1.79. The molecule has 3 nitrogen and oxygen atoms in total. The van der Waals surface area contributed by atoms with Gasteiger partial charge in [-0.2, -0.15) is 5.10 Å². The molecule has 0 aromatic carbocycles. The normalized spacial score (nSPS) is 20.9. The van der Waals surface area contributed by atoms with Crippen molar-refractivity contribution < 1.29 is 0 Å². The minimum absolute atomic E-state index is 0.461. The standard InChI is InChI=1S/C11H19N3/c1-8-9(7-14(4)13-8)10(12-3)11(2)5-6-11/h7,10,12H,5-6H2,1-4H3. The highest BCUT2D eigenvalue weighted by Gasteiger charge is 2.45. The average Bonchev–Trinajstić information content (AvgIpc) is 2.75. The molecule has 78 valence electrons. The van der Waals surface area contributed by atoms with Crippen molar-refractivity contribution in [2.24, 2.45) is 12.5 Å². The van der Waals surface area contributed by atoms with Gasteiger partial charge in [0.1, 0.15) is 0 Å². The van der Waals surface area contributed by atoms with E-state index in [4.69, 9.17) is 0 Å². The molecule has 1 N–H and O–H groups in total. The van der Waals surface area contributed by atoms with E-state index in [-0.39, 0.29) is 0 Å². The molecule has 1 aromatic rings. The molecule has 0 saturated heterocycles. The van der Waals surface area contributed by atoms with Crippen molar-refractivity contribution in [2.75, 3.05) is 7.05 Å². The van der Waals surface area contributed by atoms with Crippen LogP contribution >= 0.6 is 0 Å². The zero-order valence-corrected chi connectivity index (χ0v) is 9.46.